The number of amides is 2. The third-order valence-electron chi connectivity index (χ3n) is 4.55. The van der Waals surface area contributed by atoms with Crippen LogP contribution in [-0.4, -0.2) is 53.1 Å². The van der Waals surface area contributed by atoms with E-state index in [9.17, 15) is 14.7 Å². The Hall–Kier alpha value is -1.26. The lowest BCUT2D eigenvalue weighted by molar-refractivity contribution is -0.152. The number of carbonyl (C=O) groups excluding carboxylic acids is 1. The van der Waals surface area contributed by atoms with Crippen molar-refractivity contribution in [2.24, 2.45) is 5.41 Å². The second-order valence-corrected chi connectivity index (χ2v) is 5.80. The van der Waals surface area contributed by atoms with Crippen molar-refractivity contribution in [1.82, 2.24) is 9.80 Å². The number of urea groups is 1. The quantitative estimate of drug-likeness (QED) is 0.853. The van der Waals surface area contributed by atoms with Crippen LogP contribution in [0.3, 0.4) is 0 Å². The Morgan fingerprint density at radius 1 is 1.05 bits per heavy atom. The Labute approximate surface area is 114 Å². The summed E-state index contributed by atoms with van der Waals surface area (Å²) in [7, 11) is 0. The summed E-state index contributed by atoms with van der Waals surface area (Å²) in [5, 5.41) is 9.44. The van der Waals surface area contributed by atoms with E-state index in [2.05, 4.69) is 0 Å². The molecule has 2 fully saturated rings. The van der Waals surface area contributed by atoms with Gasteiger partial charge in [-0.05, 0) is 32.1 Å². The predicted molar refractivity (Wildman–Crippen MR) is 72.0 cm³/mol. The third kappa shape index (κ3) is 2.85. The van der Waals surface area contributed by atoms with Crippen LogP contribution in [-0.2, 0) is 4.79 Å². The Bertz CT molecular complexity index is 343. The molecule has 0 spiro atoms. The first-order chi connectivity index (χ1) is 9.09. The highest BCUT2D eigenvalue weighted by atomic mass is 16.4. The minimum Gasteiger partial charge on any atom is -0.481 e. The van der Waals surface area contributed by atoms with E-state index in [-0.39, 0.29) is 6.03 Å². The van der Waals surface area contributed by atoms with E-state index in [4.69, 9.17) is 0 Å². The van der Waals surface area contributed by atoms with Crippen LogP contribution in [0.25, 0.3) is 0 Å². The van der Waals surface area contributed by atoms with E-state index in [0.717, 1.165) is 32.4 Å². The van der Waals surface area contributed by atoms with Crippen molar-refractivity contribution in [3.63, 3.8) is 0 Å². The minimum absolute atomic E-state index is 0.105. The number of carbonyl (C=O) groups is 2. The molecule has 19 heavy (non-hydrogen) atoms. The highest BCUT2D eigenvalue weighted by molar-refractivity contribution is 5.77. The van der Waals surface area contributed by atoms with Crippen LogP contribution in [0.4, 0.5) is 4.79 Å². The average molecular weight is 268 g/mol. The van der Waals surface area contributed by atoms with Crippen molar-refractivity contribution in [2.75, 3.05) is 26.2 Å². The molecule has 2 aliphatic heterocycles. The zero-order valence-corrected chi connectivity index (χ0v) is 11.7. The molecule has 0 bridgehead atoms. The van der Waals surface area contributed by atoms with Crippen molar-refractivity contribution in [1.29, 1.82) is 0 Å². The lowest BCUT2D eigenvalue weighted by atomic mass is 9.75. The summed E-state index contributed by atoms with van der Waals surface area (Å²) in [6.07, 6.45) is 4.97. The smallest absolute Gasteiger partial charge is 0.319 e. The molecule has 2 rings (SSSR count). The summed E-state index contributed by atoms with van der Waals surface area (Å²) in [6.45, 7) is 4.90. The van der Waals surface area contributed by atoms with Gasteiger partial charge in [-0.25, -0.2) is 4.79 Å². The molecule has 0 aromatic rings. The monoisotopic (exact) mass is 268 g/mol. The Balaban J connectivity index is 1.93. The number of piperidine rings is 1. The number of carboxylic acid groups (broad SMARTS) is 1. The first-order valence-electron chi connectivity index (χ1n) is 7.36. The van der Waals surface area contributed by atoms with E-state index < -0.39 is 11.4 Å². The van der Waals surface area contributed by atoms with Gasteiger partial charge in [0.15, 0.2) is 0 Å². The molecule has 0 radical (unpaired) electrons. The first kappa shape index (κ1) is 14.2. The number of nitrogens with zero attached hydrogens (tertiary/aromatic N) is 2. The van der Waals surface area contributed by atoms with Crippen molar-refractivity contribution >= 4 is 12.0 Å². The maximum Gasteiger partial charge on any atom is 0.319 e. The molecule has 0 aliphatic carbocycles. The average Bonchev–Trinajstić information content (AvgIpc) is 2.93. The van der Waals surface area contributed by atoms with Gasteiger partial charge in [-0.3, -0.25) is 4.79 Å². The number of hydrogen-bond acceptors (Lipinski definition) is 2. The molecule has 0 unspecified atom stereocenters. The van der Waals surface area contributed by atoms with Crippen LogP contribution in [0, 0.1) is 5.41 Å². The molecule has 0 aromatic heterocycles. The molecule has 5 heteroatoms. The highest BCUT2D eigenvalue weighted by Gasteiger charge is 2.42. The number of aliphatic carboxylic acids is 1. The van der Waals surface area contributed by atoms with Gasteiger partial charge < -0.3 is 14.9 Å². The first-order valence-corrected chi connectivity index (χ1v) is 7.36. The molecule has 2 saturated heterocycles. The molecular formula is C14H24N2O3. The van der Waals surface area contributed by atoms with Crippen LogP contribution in [0.5, 0.6) is 0 Å². The van der Waals surface area contributed by atoms with Gasteiger partial charge in [-0.1, -0.05) is 13.3 Å². The second-order valence-electron chi connectivity index (χ2n) is 5.80. The maximum atomic E-state index is 12.2. The minimum atomic E-state index is -0.692. The Morgan fingerprint density at radius 2 is 1.58 bits per heavy atom. The summed E-state index contributed by atoms with van der Waals surface area (Å²) >= 11 is 0. The summed E-state index contributed by atoms with van der Waals surface area (Å²) < 4.78 is 0. The number of rotatable bonds is 3. The summed E-state index contributed by atoms with van der Waals surface area (Å²) in [6, 6.07) is 0.105. The summed E-state index contributed by atoms with van der Waals surface area (Å²) in [4.78, 5) is 27.5. The van der Waals surface area contributed by atoms with Gasteiger partial charge in [-0.15, -0.1) is 0 Å². The molecule has 5 nitrogen and oxygen atoms in total. The van der Waals surface area contributed by atoms with Crippen LogP contribution in [0.2, 0.25) is 0 Å². The summed E-state index contributed by atoms with van der Waals surface area (Å²) in [5.41, 5.74) is -0.601. The fourth-order valence-electron chi connectivity index (χ4n) is 3.28. The van der Waals surface area contributed by atoms with Gasteiger partial charge in [0, 0.05) is 26.2 Å². The van der Waals surface area contributed by atoms with E-state index in [1.807, 2.05) is 16.7 Å². The lowest BCUT2D eigenvalue weighted by Crippen LogP contribution is -2.50. The highest BCUT2D eigenvalue weighted by Crippen LogP contribution is 2.36. The largest absolute Gasteiger partial charge is 0.481 e. The van der Waals surface area contributed by atoms with Gasteiger partial charge in [0.25, 0.3) is 0 Å². The fourth-order valence-corrected chi connectivity index (χ4v) is 3.28. The van der Waals surface area contributed by atoms with E-state index in [1.54, 1.807) is 0 Å². The van der Waals surface area contributed by atoms with Crippen LogP contribution in [0.1, 0.15) is 45.4 Å². The van der Waals surface area contributed by atoms with E-state index in [1.165, 1.54) is 0 Å². The van der Waals surface area contributed by atoms with Crippen LogP contribution < -0.4 is 0 Å². The summed E-state index contributed by atoms with van der Waals surface area (Å²) in [5.74, 6) is -0.692. The molecular weight excluding hydrogens is 244 g/mol. The molecule has 0 aromatic carbocycles. The zero-order valence-electron chi connectivity index (χ0n) is 11.7. The molecule has 1 N–H and O–H groups in total. The normalized spacial score (nSPS) is 22.6. The van der Waals surface area contributed by atoms with Crippen molar-refractivity contribution < 1.29 is 14.7 Å². The Kier molecular flexibility index (Phi) is 4.32. The van der Waals surface area contributed by atoms with Gasteiger partial charge >= 0.3 is 12.0 Å². The topological polar surface area (TPSA) is 60.9 Å². The number of likely N-dealkylation sites (tertiary alicyclic amines) is 2. The van der Waals surface area contributed by atoms with Crippen LogP contribution in [0.15, 0.2) is 0 Å². The maximum absolute atomic E-state index is 12.2. The second kappa shape index (κ2) is 5.80. The van der Waals surface area contributed by atoms with Crippen LogP contribution >= 0.6 is 0 Å². The van der Waals surface area contributed by atoms with Crippen molar-refractivity contribution in [2.45, 2.75) is 45.4 Å². The number of hydrogen-bond donors (Lipinski definition) is 1. The fraction of sp³-hybridized carbons (Fsp3) is 0.857. The van der Waals surface area contributed by atoms with Crippen molar-refractivity contribution in [3.05, 3.63) is 0 Å². The SMILES string of the molecule is CCCC1(C(=O)O)CCN(C(=O)N2CCCC2)CC1. The lowest BCUT2D eigenvalue weighted by Gasteiger charge is -2.40. The molecule has 2 aliphatic rings. The van der Waals surface area contributed by atoms with E-state index in [0.29, 0.717) is 32.4 Å². The standard InChI is InChI=1S/C14H24N2O3/c1-2-5-14(12(17)18)6-10-16(11-7-14)13(19)15-8-3-4-9-15/h2-11H2,1H3,(H,17,18). The molecule has 0 atom stereocenters. The van der Waals surface area contributed by atoms with E-state index >= 15 is 0 Å². The molecule has 108 valence electrons. The third-order valence-corrected chi connectivity index (χ3v) is 4.55. The zero-order chi connectivity index (χ0) is 13.9. The van der Waals surface area contributed by atoms with Gasteiger partial charge in [0.2, 0.25) is 0 Å². The van der Waals surface area contributed by atoms with Gasteiger partial charge in [0.1, 0.15) is 0 Å². The molecule has 0 saturated carbocycles. The predicted octanol–water partition coefficient (Wildman–Crippen LogP) is 2.17. The molecule has 2 heterocycles. The van der Waals surface area contributed by atoms with Crippen molar-refractivity contribution in [3.8, 4) is 0 Å². The van der Waals surface area contributed by atoms with Gasteiger partial charge in [0.05, 0.1) is 5.41 Å². The number of carboxylic acids is 1. The Morgan fingerprint density at radius 3 is 2.05 bits per heavy atom. The molecule has 2 amide bonds. The van der Waals surface area contributed by atoms with Gasteiger partial charge in [-0.2, -0.15) is 0 Å².